The molecule has 0 fully saturated rings. The van der Waals surface area contributed by atoms with Gasteiger partial charge in [-0.2, -0.15) is 0 Å². The fourth-order valence-electron chi connectivity index (χ4n) is 3.03. The molecular formula is C23H26N4O3S. The summed E-state index contributed by atoms with van der Waals surface area (Å²) < 4.78 is 1.54. The van der Waals surface area contributed by atoms with E-state index in [0.717, 1.165) is 28.6 Å². The maximum atomic E-state index is 13.3. The van der Waals surface area contributed by atoms with E-state index < -0.39 is 11.9 Å². The van der Waals surface area contributed by atoms with E-state index in [1.54, 1.807) is 22.8 Å². The van der Waals surface area contributed by atoms with Crippen molar-refractivity contribution in [2.75, 3.05) is 12.3 Å². The van der Waals surface area contributed by atoms with Gasteiger partial charge in [0.25, 0.3) is 5.56 Å². The summed E-state index contributed by atoms with van der Waals surface area (Å²) in [6.45, 7) is 8.34. The van der Waals surface area contributed by atoms with Crippen molar-refractivity contribution in [2.45, 2.75) is 32.9 Å². The molecule has 3 aromatic rings. The minimum Gasteiger partial charge on any atom is -0.338 e. The first-order valence-corrected chi connectivity index (χ1v) is 11.1. The second-order valence-corrected chi connectivity index (χ2v) is 8.65. The molecule has 2 aromatic carbocycles. The predicted octanol–water partition coefficient (Wildman–Crippen LogP) is 3.58. The molecule has 0 radical (unpaired) electrons. The van der Waals surface area contributed by atoms with Crippen molar-refractivity contribution in [3.05, 3.63) is 63.9 Å². The van der Waals surface area contributed by atoms with E-state index in [1.807, 2.05) is 52.0 Å². The van der Waals surface area contributed by atoms with Gasteiger partial charge in [0.2, 0.25) is 5.91 Å². The molecule has 0 aliphatic rings. The number of thioether (sulfide) groups is 1. The van der Waals surface area contributed by atoms with E-state index in [9.17, 15) is 14.4 Å². The lowest BCUT2D eigenvalue weighted by Crippen LogP contribution is -2.41. The van der Waals surface area contributed by atoms with Crippen LogP contribution in [0.15, 0.2) is 52.4 Å². The number of imide groups is 1. The summed E-state index contributed by atoms with van der Waals surface area (Å²) in [4.78, 5) is 42.1. The average Bonchev–Trinajstić information content (AvgIpc) is 2.73. The lowest BCUT2D eigenvalue weighted by Gasteiger charge is -2.16. The number of aromatic nitrogens is 2. The van der Waals surface area contributed by atoms with Crippen LogP contribution in [0.2, 0.25) is 0 Å². The first kappa shape index (κ1) is 22.6. The second kappa shape index (κ2) is 9.78. The molecular weight excluding hydrogens is 412 g/mol. The second-order valence-electron chi connectivity index (χ2n) is 7.71. The van der Waals surface area contributed by atoms with Crippen LogP contribution >= 0.6 is 11.8 Å². The smallest absolute Gasteiger partial charge is 0.321 e. The molecule has 31 heavy (non-hydrogen) atoms. The molecule has 0 spiro atoms. The molecule has 0 atom stereocenters. The quantitative estimate of drug-likeness (QED) is 0.453. The molecule has 1 heterocycles. The Morgan fingerprint density at radius 1 is 1.10 bits per heavy atom. The van der Waals surface area contributed by atoms with Crippen molar-refractivity contribution in [1.29, 1.82) is 0 Å². The summed E-state index contributed by atoms with van der Waals surface area (Å²) in [7, 11) is 0. The zero-order valence-electron chi connectivity index (χ0n) is 18.1. The number of para-hydroxylation sites is 1. The number of nitrogens with one attached hydrogen (secondary N) is 2. The molecule has 8 heteroatoms. The molecule has 1 aromatic heterocycles. The first-order valence-electron chi connectivity index (χ1n) is 10.1. The van der Waals surface area contributed by atoms with Gasteiger partial charge < -0.3 is 5.32 Å². The van der Waals surface area contributed by atoms with Crippen LogP contribution < -0.4 is 16.2 Å². The van der Waals surface area contributed by atoms with Gasteiger partial charge in [-0.15, -0.1) is 0 Å². The van der Waals surface area contributed by atoms with Gasteiger partial charge in [0.15, 0.2) is 5.16 Å². The summed E-state index contributed by atoms with van der Waals surface area (Å²) in [5, 5.41) is 5.86. The van der Waals surface area contributed by atoms with Crippen molar-refractivity contribution in [3.8, 4) is 5.69 Å². The molecule has 3 amide bonds. The Balaban J connectivity index is 1.92. The third-order valence-electron chi connectivity index (χ3n) is 4.82. The minimum atomic E-state index is -0.530. The number of nitrogens with zero attached hydrogens (tertiary/aromatic N) is 2. The summed E-state index contributed by atoms with van der Waals surface area (Å²) in [5.41, 5.74) is 3.10. The van der Waals surface area contributed by atoms with Gasteiger partial charge in [-0.05, 0) is 49.1 Å². The number of urea groups is 1. The number of fused-ring (bicyclic) bond motifs is 1. The van der Waals surface area contributed by atoms with Crippen LogP contribution in [0.25, 0.3) is 16.6 Å². The molecule has 3 rings (SSSR count). The molecule has 0 unspecified atom stereocenters. The van der Waals surface area contributed by atoms with Gasteiger partial charge >= 0.3 is 6.03 Å². The van der Waals surface area contributed by atoms with Crippen molar-refractivity contribution in [2.24, 2.45) is 5.92 Å². The molecule has 0 aliphatic carbocycles. The Morgan fingerprint density at radius 3 is 2.58 bits per heavy atom. The summed E-state index contributed by atoms with van der Waals surface area (Å²) >= 11 is 1.12. The Kier molecular flexibility index (Phi) is 7.12. The predicted molar refractivity (Wildman–Crippen MR) is 124 cm³/mol. The standard InChI is InChI=1S/C23H26N4O3S/c1-14(2)12-24-22(30)26-20(28)13-31-23-25-18-10-6-5-9-17(18)21(29)27(23)19-11-7-8-15(3)16(19)4/h5-11,14H,12-13H2,1-4H3,(H2,24,26,28,30). The molecule has 0 bridgehead atoms. The van der Waals surface area contributed by atoms with E-state index in [0.29, 0.717) is 22.6 Å². The highest BCUT2D eigenvalue weighted by atomic mass is 32.2. The zero-order valence-corrected chi connectivity index (χ0v) is 18.9. The largest absolute Gasteiger partial charge is 0.338 e. The van der Waals surface area contributed by atoms with Gasteiger partial charge in [0.05, 0.1) is 22.3 Å². The summed E-state index contributed by atoms with van der Waals surface area (Å²) in [6, 6.07) is 12.3. The van der Waals surface area contributed by atoms with Crippen LogP contribution in [0.5, 0.6) is 0 Å². The van der Waals surface area contributed by atoms with Gasteiger partial charge in [-0.1, -0.05) is 49.9 Å². The van der Waals surface area contributed by atoms with Crippen LogP contribution in [0, 0.1) is 19.8 Å². The lowest BCUT2D eigenvalue weighted by atomic mass is 10.1. The maximum Gasteiger partial charge on any atom is 0.321 e. The topological polar surface area (TPSA) is 93.1 Å². The molecule has 162 valence electrons. The molecule has 0 saturated carbocycles. The SMILES string of the molecule is Cc1cccc(-n2c(SCC(=O)NC(=O)NCC(C)C)nc3ccccc3c2=O)c1C. The van der Waals surface area contributed by atoms with E-state index in [4.69, 9.17) is 0 Å². The van der Waals surface area contributed by atoms with Crippen LogP contribution in [-0.2, 0) is 4.79 Å². The Morgan fingerprint density at radius 2 is 1.84 bits per heavy atom. The fourth-order valence-corrected chi connectivity index (χ4v) is 3.84. The van der Waals surface area contributed by atoms with E-state index >= 15 is 0 Å². The minimum absolute atomic E-state index is 0.0509. The Hall–Kier alpha value is -3.13. The number of amides is 3. The first-order chi connectivity index (χ1) is 14.8. The Labute approximate surface area is 185 Å². The van der Waals surface area contributed by atoms with Crippen molar-refractivity contribution in [3.63, 3.8) is 0 Å². The van der Waals surface area contributed by atoms with E-state index in [-0.39, 0.29) is 17.2 Å². The highest BCUT2D eigenvalue weighted by molar-refractivity contribution is 7.99. The van der Waals surface area contributed by atoms with Crippen LogP contribution in [-0.4, -0.2) is 33.8 Å². The highest BCUT2D eigenvalue weighted by Crippen LogP contribution is 2.24. The fraction of sp³-hybridized carbons (Fsp3) is 0.304. The number of carbonyl (C=O) groups is 2. The number of hydrogen-bond acceptors (Lipinski definition) is 5. The third kappa shape index (κ3) is 5.32. The van der Waals surface area contributed by atoms with E-state index in [1.165, 1.54) is 0 Å². The van der Waals surface area contributed by atoms with Gasteiger partial charge in [0.1, 0.15) is 0 Å². The van der Waals surface area contributed by atoms with Gasteiger partial charge in [-0.25, -0.2) is 9.78 Å². The summed E-state index contributed by atoms with van der Waals surface area (Å²) in [6.07, 6.45) is 0. The number of aryl methyl sites for hydroxylation is 1. The van der Waals surface area contributed by atoms with Crippen molar-refractivity contribution >= 4 is 34.6 Å². The number of benzene rings is 2. The number of hydrogen-bond donors (Lipinski definition) is 2. The number of rotatable bonds is 6. The monoisotopic (exact) mass is 438 g/mol. The highest BCUT2D eigenvalue weighted by Gasteiger charge is 2.17. The van der Waals surface area contributed by atoms with Crippen LogP contribution in [0.4, 0.5) is 4.79 Å². The average molecular weight is 439 g/mol. The Bertz CT molecular complexity index is 1190. The van der Waals surface area contributed by atoms with Crippen molar-refractivity contribution < 1.29 is 9.59 Å². The molecule has 0 saturated heterocycles. The van der Waals surface area contributed by atoms with Gasteiger partial charge in [0, 0.05) is 6.54 Å². The molecule has 7 nitrogen and oxygen atoms in total. The lowest BCUT2D eigenvalue weighted by molar-refractivity contribution is -0.117. The third-order valence-corrected chi connectivity index (χ3v) is 5.76. The van der Waals surface area contributed by atoms with Crippen LogP contribution in [0.3, 0.4) is 0 Å². The van der Waals surface area contributed by atoms with Crippen molar-refractivity contribution in [1.82, 2.24) is 20.2 Å². The maximum absolute atomic E-state index is 13.3. The normalized spacial score (nSPS) is 11.0. The summed E-state index contributed by atoms with van der Waals surface area (Å²) in [5.74, 6) is -0.227. The molecule has 0 aliphatic heterocycles. The van der Waals surface area contributed by atoms with E-state index in [2.05, 4.69) is 15.6 Å². The molecule has 2 N–H and O–H groups in total. The van der Waals surface area contributed by atoms with Crippen LogP contribution in [0.1, 0.15) is 25.0 Å². The number of carbonyl (C=O) groups excluding carboxylic acids is 2. The van der Waals surface area contributed by atoms with Gasteiger partial charge in [-0.3, -0.25) is 19.5 Å². The zero-order chi connectivity index (χ0) is 22.5.